The molecule has 0 aliphatic carbocycles. The summed E-state index contributed by atoms with van der Waals surface area (Å²) in [6.07, 6.45) is 0. The fourth-order valence-electron chi connectivity index (χ4n) is 0.332. The first kappa shape index (κ1) is 24.1. The molecule has 0 radical (unpaired) electrons. The Kier molecular flexibility index (Phi) is 17.5. The molecule has 20 heavy (non-hydrogen) atoms. The van der Waals surface area contributed by atoms with Crippen molar-refractivity contribution in [2.24, 2.45) is 11.8 Å². The molecule has 0 aliphatic rings. The molecule has 112 valence electrons. The number of rotatable bonds is 5. The Balaban J connectivity index is -0.000000230. The first-order chi connectivity index (χ1) is 9.02. The summed E-state index contributed by atoms with van der Waals surface area (Å²) in [6.45, 7) is 7.92. The number of hydrogen-bond acceptors (Lipinski definition) is 7. The topological polar surface area (TPSA) is 124 Å². The molecular weight excluding hydrogens is 371 g/mol. The summed E-state index contributed by atoms with van der Waals surface area (Å²) < 4.78 is 4.67. The van der Waals surface area contributed by atoms with E-state index in [1.807, 2.05) is 6.92 Å². The Hall–Kier alpha value is -0.890. The summed E-state index contributed by atoms with van der Waals surface area (Å²) in [6, 6.07) is 0. The van der Waals surface area contributed by atoms with Crippen molar-refractivity contribution >= 4 is 48.3 Å². The van der Waals surface area contributed by atoms with Gasteiger partial charge in [-0.05, 0) is 13.8 Å². The van der Waals surface area contributed by atoms with E-state index >= 15 is 0 Å². The normalized spacial score (nSPS) is 11.8. The van der Waals surface area contributed by atoms with Gasteiger partial charge in [-0.25, -0.2) is 0 Å². The molecule has 0 aromatic carbocycles. The van der Waals surface area contributed by atoms with Crippen molar-refractivity contribution in [2.45, 2.75) is 34.6 Å². The van der Waals surface area contributed by atoms with E-state index in [0.29, 0.717) is 0 Å². The Bertz CT molecular complexity index is 268. The van der Waals surface area contributed by atoms with E-state index in [4.69, 9.17) is 0 Å². The molecule has 2 unspecified atom stereocenters. The fourth-order valence-corrected chi connectivity index (χ4v) is 0.332. The number of ketones is 2. The number of hydrogen-bond donors (Lipinski definition) is 0. The maximum atomic E-state index is 10.2. The van der Waals surface area contributed by atoms with Gasteiger partial charge >= 0.3 is 41.2 Å². The fraction of sp³-hybridized carbons (Fsp3) is 0.667. The van der Waals surface area contributed by atoms with Crippen molar-refractivity contribution in [3.05, 3.63) is 0 Å². The number of carboxylic acid groups (broad SMARTS) is 2. The van der Waals surface area contributed by atoms with Crippen LogP contribution in [0.1, 0.15) is 34.6 Å². The Labute approximate surface area is 133 Å². The van der Waals surface area contributed by atoms with E-state index < -0.39 is 23.8 Å². The van der Waals surface area contributed by atoms with Crippen LogP contribution in [0.2, 0.25) is 0 Å². The molecule has 0 amide bonds. The minimum atomic E-state index is -1.31. The number of aliphatic carboxylic acids is 2. The summed E-state index contributed by atoms with van der Waals surface area (Å²) in [4.78, 5) is 39.9. The quantitative estimate of drug-likeness (QED) is 0.499. The summed E-state index contributed by atoms with van der Waals surface area (Å²) in [5, 5.41) is 19.6. The second-order valence-corrected chi connectivity index (χ2v) is 4.71. The van der Waals surface area contributed by atoms with E-state index in [1.54, 1.807) is 0 Å². The first-order valence-electron chi connectivity index (χ1n) is 5.77. The van der Waals surface area contributed by atoms with Gasteiger partial charge in [0.05, 0.1) is 23.8 Å². The van der Waals surface area contributed by atoms with E-state index in [0.717, 1.165) is 31.4 Å². The monoisotopic (exact) mass is 390 g/mol. The van der Waals surface area contributed by atoms with Crippen molar-refractivity contribution in [1.82, 2.24) is 0 Å². The second-order valence-electron chi connectivity index (χ2n) is 3.76. The maximum absolute atomic E-state index is 10.2. The van der Waals surface area contributed by atoms with E-state index in [-0.39, 0.29) is 11.6 Å². The van der Waals surface area contributed by atoms with Crippen LogP contribution in [0.25, 0.3) is 0 Å². The minimum absolute atomic E-state index is 0.370. The van der Waals surface area contributed by atoms with Crippen LogP contribution < -0.4 is 10.2 Å². The van der Waals surface area contributed by atoms with Crippen LogP contribution in [-0.4, -0.2) is 54.9 Å². The number of carboxylic acids is 2. The SMILES string of the molecule is CC(=O)C(C)C(=O)[O-].CC(=O)C(C)C(=O)[O-].CC[O][In+2]. The van der Waals surface area contributed by atoms with Gasteiger partial charge in [0.1, 0.15) is 11.6 Å². The molecule has 0 saturated heterocycles. The van der Waals surface area contributed by atoms with Gasteiger partial charge in [-0.2, -0.15) is 0 Å². The van der Waals surface area contributed by atoms with Gasteiger partial charge in [-0.3, -0.25) is 9.59 Å². The second kappa shape index (κ2) is 14.5. The zero-order valence-electron chi connectivity index (χ0n) is 12.3. The van der Waals surface area contributed by atoms with E-state index in [9.17, 15) is 29.4 Å². The van der Waals surface area contributed by atoms with Crippen molar-refractivity contribution in [2.75, 3.05) is 6.61 Å². The van der Waals surface area contributed by atoms with Crippen molar-refractivity contribution in [3.8, 4) is 0 Å². The van der Waals surface area contributed by atoms with Gasteiger partial charge in [0.15, 0.2) is 0 Å². The molecule has 0 aromatic heterocycles. The van der Waals surface area contributed by atoms with Gasteiger partial charge in [-0.1, -0.05) is 13.8 Å². The molecule has 0 saturated carbocycles. The average Bonchev–Trinajstić information content (AvgIpc) is 2.37. The zero-order chi connectivity index (χ0) is 16.9. The van der Waals surface area contributed by atoms with Crippen LogP contribution in [0.4, 0.5) is 0 Å². The molecule has 8 heteroatoms. The third-order valence-electron chi connectivity index (χ3n) is 2.09. The van der Waals surface area contributed by atoms with Crippen molar-refractivity contribution in [1.29, 1.82) is 0 Å². The van der Waals surface area contributed by atoms with E-state index in [1.165, 1.54) is 27.7 Å². The Morgan fingerprint density at radius 3 is 1.15 bits per heavy atom. The molecule has 2 atom stereocenters. The van der Waals surface area contributed by atoms with Gasteiger partial charge in [-0.15, -0.1) is 0 Å². The number of Topliss-reactive ketones (excluding diaryl/α,β-unsaturated/α-hetero) is 2. The first-order valence-corrected chi connectivity index (χ1v) is 7.11. The third-order valence-corrected chi connectivity index (χ3v) is 3.04. The van der Waals surface area contributed by atoms with Crippen molar-refractivity contribution in [3.63, 3.8) is 0 Å². The molecule has 0 aromatic rings. The van der Waals surface area contributed by atoms with Gasteiger partial charge in [0.2, 0.25) is 0 Å². The molecule has 0 N–H and O–H groups in total. The van der Waals surface area contributed by atoms with Crippen LogP contribution in [-0.2, 0) is 22.0 Å². The van der Waals surface area contributed by atoms with Crippen LogP contribution in [0, 0.1) is 11.8 Å². The predicted molar refractivity (Wildman–Crippen MR) is 67.1 cm³/mol. The summed E-state index contributed by atoms with van der Waals surface area (Å²) in [5.74, 6) is -5.28. The average molecular weight is 390 g/mol. The summed E-state index contributed by atoms with van der Waals surface area (Å²) >= 11 is 0.940. The summed E-state index contributed by atoms with van der Waals surface area (Å²) in [5.41, 5.74) is 0. The molecule has 0 heterocycles. The molecular formula is C12H19InO7. The van der Waals surface area contributed by atoms with Crippen molar-refractivity contribution < 1.29 is 32.2 Å². The molecule has 0 spiro atoms. The predicted octanol–water partition coefficient (Wildman–Crippen LogP) is -1.97. The zero-order valence-corrected chi connectivity index (χ0v) is 15.6. The Morgan fingerprint density at radius 1 is 0.950 bits per heavy atom. The molecule has 0 rings (SSSR count). The molecule has 0 fully saturated rings. The number of carbonyl (C=O) groups is 4. The van der Waals surface area contributed by atoms with Gasteiger partial charge in [0.25, 0.3) is 0 Å². The molecule has 0 bridgehead atoms. The number of carbonyl (C=O) groups excluding carboxylic acids is 4. The van der Waals surface area contributed by atoms with Crippen LogP contribution in [0.3, 0.4) is 0 Å². The van der Waals surface area contributed by atoms with Crippen LogP contribution in [0.15, 0.2) is 0 Å². The van der Waals surface area contributed by atoms with Gasteiger partial charge in [0, 0.05) is 0 Å². The summed E-state index contributed by atoms with van der Waals surface area (Å²) in [7, 11) is 0. The third kappa shape index (κ3) is 17.1. The van der Waals surface area contributed by atoms with Crippen LogP contribution in [0.5, 0.6) is 0 Å². The Morgan fingerprint density at radius 2 is 1.15 bits per heavy atom. The van der Waals surface area contributed by atoms with E-state index in [2.05, 4.69) is 2.85 Å². The standard InChI is InChI=1S/2C5H8O3.C2H5O.In/c2*1-3(4(2)6)5(7)8;1-2-3;/h2*3H,1-2H3,(H,7,8);2H2,1H3;/q;;-1;+3/p-2. The van der Waals surface area contributed by atoms with Gasteiger partial charge < -0.3 is 19.8 Å². The molecule has 7 nitrogen and oxygen atoms in total. The molecule has 0 aliphatic heterocycles. The van der Waals surface area contributed by atoms with Crippen LogP contribution >= 0.6 is 0 Å².